The van der Waals surface area contributed by atoms with Gasteiger partial charge in [0.05, 0.1) is 4.90 Å². The third-order valence-corrected chi connectivity index (χ3v) is 7.06. The van der Waals surface area contributed by atoms with E-state index >= 15 is 0 Å². The molecule has 4 nitrogen and oxygen atoms in total. The van der Waals surface area contributed by atoms with E-state index in [1.165, 1.54) is 5.56 Å². The molecule has 1 fully saturated rings. The Balaban J connectivity index is 1.62. The highest BCUT2D eigenvalue weighted by Gasteiger charge is 2.28. The van der Waals surface area contributed by atoms with E-state index < -0.39 is 10.0 Å². The number of sulfonamides is 1. The van der Waals surface area contributed by atoms with Crippen molar-refractivity contribution in [2.45, 2.75) is 31.2 Å². The first-order chi connectivity index (χ1) is 12.5. The maximum Gasteiger partial charge on any atom is 0.243 e. The summed E-state index contributed by atoms with van der Waals surface area (Å²) in [5.74, 6) is 0. The molecule has 0 N–H and O–H groups in total. The van der Waals surface area contributed by atoms with Gasteiger partial charge >= 0.3 is 0 Å². The molecular formula is C20H25ClN2O2S. The molecule has 0 saturated carbocycles. The molecule has 0 spiro atoms. The minimum Gasteiger partial charge on any atom is -0.296 e. The van der Waals surface area contributed by atoms with Gasteiger partial charge in [0.2, 0.25) is 10.0 Å². The molecule has 0 radical (unpaired) electrons. The number of nitrogens with zero attached hydrogens (tertiary/aromatic N) is 2. The number of hydrogen-bond acceptors (Lipinski definition) is 3. The minimum absolute atomic E-state index is 0.386. The van der Waals surface area contributed by atoms with Gasteiger partial charge in [-0.1, -0.05) is 55.3 Å². The van der Waals surface area contributed by atoms with E-state index in [2.05, 4.69) is 11.8 Å². The Morgan fingerprint density at radius 1 is 0.962 bits per heavy atom. The first-order valence-corrected chi connectivity index (χ1v) is 10.9. The second-order valence-electron chi connectivity index (χ2n) is 6.67. The molecule has 3 rings (SSSR count). The molecule has 140 valence electrons. The summed E-state index contributed by atoms with van der Waals surface area (Å²) >= 11 is 6.23. The number of aryl methyl sites for hydroxylation is 1. The van der Waals surface area contributed by atoms with Crippen LogP contribution in [0.5, 0.6) is 0 Å². The van der Waals surface area contributed by atoms with Crippen LogP contribution in [0.4, 0.5) is 0 Å². The average Bonchev–Trinajstić information content (AvgIpc) is 2.65. The highest BCUT2D eigenvalue weighted by Crippen LogP contribution is 2.21. The summed E-state index contributed by atoms with van der Waals surface area (Å²) < 4.78 is 27.3. The van der Waals surface area contributed by atoms with Crippen molar-refractivity contribution in [1.82, 2.24) is 9.21 Å². The van der Waals surface area contributed by atoms with Crippen LogP contribution in [0.2, 0.25) is 5.02 Å². The predicted octanol–water partition coefficient (Wildman–Crippen LogP) is 3.80. The molecule has 2 aromatic rings. The topological polar surface area (TPSA) is 40.6 Å². The van der Waals surface area contributed by atoms with Crippen molar-refractivity contribution in [3.05, 3.63) is 64.7 Å². The summed E-state index contributed by atoms with van der Waals surface area (Å²) in [6.07, 6.45) is 2.03. The van der Waals surface area contributed by atoms with E-state index in [1.54, 1.807) is 16.4 Å². The summed E-state index contributed by atoms with van der Waals surface area (Å²) in [6, 6.07) is 15.1. The third kappa shape index (κ3) is 4.46. The zero-order valence-electron chi connectivity index (χ0n) is 15.1. The molecule has 1 saturated heterocycles. The molecule has 1 aliphatic rings. The number of halogens is 1. The summed E-state index contributed by atoms with van der Waals surface area (Å²) in [5.41, 5.74) is 2.26. The lowest BCUT2D eigenvalue weighted by atomic mass is 10.1. The van der Waals surface area contributed by atoms with Crippen LogP contribution < -0.4 is 0 Å². The smallest absolute Gasteiger partial charge is 0.243 e. The lowest BCUT2D eigenvalue weighted by Crippen LogP contribution is -2.48. The van der Waals surface area contributed by atoms with E-state index in [0.29, 0.717) is 31.1 Å². The second kappa shape index (κ2) is 8.53. The number of hydrogen-bond donors (Lipinski definition) is 0. The van der Waals surface area contributed by atoms with E-state index in [1.807, 2.05) is 36.4 Å². The van der Waals surface area contributed by atoms with Crippen LogP contribution in [0.1, 0.15) is 24.5 Å². The van der Waals surface area contributed by atoms with Gasteiger partial charge in [0.15, 0.2) is 0 Å². The number of piperazine rings is 1. The summed E-state index contributed by atoms with van der Waals surface area (Å²) in [5, 5.41) is 0.759. The van der Waals surface area contributed by atoms with Crippen LogP contribution in [0.15, 0.2) is 53.4 Å². The van der Waals surface area contributed by atoms with E-state index in [-0.39, 0.29) is 0 Å². The summed E-state index contributed by atoms with van der Waals surface area (Å²) in [6.45, 7) is 5.29. The quantitative estimate of drug-likeness (QED) is 0.750. The van der Waals surface area contributed by atoms with Gasteiger partial charge in [-0.3, -0.25) is 4.90 Å². The van der Waals surface area contributed by atoms with Gasteiger partial charge in [0, 0.05) is 37.7 Å². The van der Waals surface area contributed by atoms with Crippen molar-refractivity contribution in [3.8, 4) is 0 Å². The zero-order chi connectivity index (χ0) is 18.6. The third-order valence-electron chi connectivity index (χ3n) is 4.78. The summed E-state index contributed by atoms with van der Waals surface area (Å²) in [4.78, 5) is 2.63. The summed E-state index contributed by atoms with van der Waals surface area (Å²) in [7, 11) is -3.42. The normalized spacial score (nSPS) is 16.7. The second-order valence-corrected chi connectivity index (χ2v) is 9.01. The average molecular weight is 393 g/mol. The Hall–Kier alpha value is -1.40. The fraction of sp³-hybridized carbons (Fsp3) is 0.400. The Morgan fingerprint density at radius 3 is 2.23 bits per heavy atom. The maximum absolute atomic E-state index is 12.9. The zero-order valence-corrected chi connectivity index (χ0v) is 16.6. The molecule has 2 aromatic carbocycles. The van der Waals surface area contributed by atoms with E-state index in [4.69, 9.17) is 11.6 Å². The molecule has 26 heavy (non-hydrogen) atoms. The molecule has 0 unspecified atom stereocenters. The van der Waals surface area contributed by atoms with Crippen LogP contribution in [0.3, 0.4) is 0 Å². The van der Waals surface area contributed by atoms with E-state index in [9.17, 15) is 8.42 Å². The highest BCUT2D eigenvalue weighted by atomic mass is 35.5. The predicted molar refractivity (Wildman–Crippen MR) is 106 cm³/mol. The van der Waals surface area contributed by atoms with Gasteiger partial charge in [0.1, 0.15) is 0 Å². The Bertz CT molecular complexity index is 829. The van der Waals surface area contributed by atoms with Crippen LogP contribution in [0, 0.1) is 0 Å². The molecule has 0 aromatic heterocycles. The van der Waals surface area contributed by atoms with Crippen molar-refractivity contribution >= 4 is 21.6 Å². The van der Waals surface area contributed by atoms with Gasteiger partial charge in [-0.05, 0) is 35.7 Å². The van der Waals surface area contributed by atoms with Crippen LogP contribution in [0.25, 0.3) is 0 Å². The van der Waals surface area contributed by atoms with Crippen LogP contribution >= 0.6 is 11.6 Å². The molecule has 0 amide bonds. The molecular weight excluding hydrogens is 368 g/mol. The first-order valence-electron chi connectivity index (χ1n) is 9.05. The van der Waals surface area contributed by atoms with Gasteiger partial charge < -0.3 is 0 Å². The lowest BCUT2D eigenvalue weighted by molar-refractivity contribution is 0.181. The number of benzene rings is 2. The van der Waals surface area contributed by atoms with E-state index in [0.717, 1.165) is 30.0 Å². The molecule has 1 aliphatic heterocycles. The fourth-order valence-electron chi connectivity index (χ4n) is 3.26. The molecule has 0 atom stereocenters. The fourth-order valence-corrected chi connectivity index (χ4v) is 4.88. The van der Waals surface area contributed by atoms with Crippen LogP contribution in [-0.4, -0.2) is 43.8 Å². The largest absolute Gasteiger partial charge is 0.296 e. The number of rotatable bonds is 6. The Morgan fingerprint density at radius 2 is 1.62 bits per heavy atom. The lowest BCUT2D eigenvalue weighted by Gasteiger charge is -2.34. The van der Waals surface area contributed by atoms with Gasteiger partial charge in [-0.15, -0.1) is 0 Å². The van der Waals surface area contributed by atoms with Crippen molar-refractivity contribution in [1.29, 1.82) is 0 Å². The highest BCUT2D eigenvalue weighted by molar-refractivity contribution is 7.89. The SMILES string of the molecule is CCCc1ccc(S(=O)(=O)N2CCN(Cc3ccccc3Cl)CC2)cc1. The molecule has 6 heteroatoms. The maximum atomic E-state index is 12.9. The molecule has 0 bridgehead atoms. The van der Waals surface area contributed by atoms with Gasteiger partial charge in [0.25, 0.3) is 0 Å². The Labute approximate surface area is 161 Å². The Kier molecular flexibility index (Phi) is 6.35. The standard InChI is InChI=1S/C20H25ClN2O2S/c1-2-5-17-8-10-19(11-9-17)26(24,25)23-14-12-22(13-15-23)16-18-6-3-4-7-20(18)21/h3-4,6-11H,2,5,12-16H2,1H3. The molecule has 1 heterocycles. The van der Waals surface area contributed by atoms with Crippen LogP contribution in [-0.2, 0) is 23.0 Å². The minimum atomic E-state index is -3.42. The van der Waals surface area contributed by atoms with Crippen molar-refractivity contribution < 1.29 is 8.42 Å². The van der Waals surface area contributed by atoms with Crippen molar-refractivity contribution in [2.75, 3.05) is 26.2 Å². The van der Waals surface area contributed by atoms with Gasteiger partial charge in [-0.25, -0.2) is 8.42 Å². The molecule has 0 aliphatic carbocycles. The van der Waals surface area contributed by atoms with Crippen molar-refractivity contribution in [3.63, 3.8) is 0 Å². The first kappa shape index (κ1) is 19.4. The van der Waals surface area contributed by atoms with Gasteiger partial charge in [-0.2, -0.15) is 4.31 Å². The monoisotopic (exact) mass is 392 g/mol. The van der Waals surface area contributed by atoms with Crippen molar-refractivity contribution in [2.24, 2.45) is 0 Å².